The lowest BCUT2D eigenvalue weighted by Gasteiger charge is -2.46. The fourth-order valence-corrected chi connectivity index (χ4v) is 9.33. The van der Waals surface area contributed by atoms with Gasteiger partial charge in [0.05, 0.1) is 29.8 Å². The van der Waals surface area contributed by atoms with Gasteiger partial charge in [0.1, 0.15) is 11.6 Å². The number of hydrogen-bond donors (Lipinski definition) is 3. The van der Waals surface area contributed by atoms with Gasteiger partial charge in [-0.05, 0) is 105 Å². The molecular weight excluding hydrogens is 699 g/mol. The van der Waals surface area contributed by atoms with Crippen molar-refractivity contribution in [2.75, 3.05) is 18.2 Å². The van der Waals surface area contributed by atoms with Gasteiger partial charge in [0, 0.05) is 28.1 Å². The highest BCUT2D eigenvalue weighted by Gasteiger charge is 2.47. The lowest BCUT2D eigenvalue weighted by atomic mass is 9.58. The largest absolute Gasteiger partial charge is 0.496 e. The van der Waals surface area contributed by atoms with Crippen LogP contribution in [0.15, 0.2) is 40.2 Å². The van der Waals surface area contributed by atoms with Gasteiger partial charge in [-0.1, -0.05) is 40.0 Å². The zero-order valence-corrected chi connectivity index (χ0v) is 31.4. The molecule has 0 aromatic heterocycles. The van der Waals surface area contributed by atoms with E-state index in [9.17, 15) is 31.9 Å². The Morgan fingerprint density at radius 1 is 1.10 bits per heavy atom. The number of hydrogen-bond acceptors (Lipinski definition) is 6. The number of unbranched alkanes of at least 4 members (excludes halogenated alkanes) is 1. The second-order valence-corrected chi connectivity index (χ2v) is 15.6. The number of nitrogens with zero attached hydrogens (tertiary/aromatic N) is 1. The number of rotatable bonds is 11. The first-order valence-corrected chi connectivity index (χ1v) is 19.1. The van der Waals surface area contributed by atoms with Crippen LogP contribution in [-0.2, 0) is 15.8 Å². The Bertz CT molecular complexity index is 1610. The summed E-state index contributed by atoms with van der Waals surface area (Å²) in [5.74, 6) is 1.47. The first-order valence-electron chi connectivity index (χ1n) is 18.1. The molecule has 2 aromatic carbocycles. The molecule has 2 aromatic rings. The van der Waals surface area contributed by atoms with Crippen LogP contribution in [0.1, 0.15) is 108 Å². The van der Waals surface area contributed by atoms with Crippen LogP contribution in [0.5, 0.6) is 5.75 Å². The summed E-state index contributed by atoms with van der Waals surface area (Å²) in [5.41, 5.74) is 1.53. The van der Waals surface area contributed by atoms with Crippen LogP contribution in [0.4, 0.5) is 28.9 Å². The van der Waals surface area contributed by atoms with Gasteiger partial charge in [-0.2, -0.15) is 13.2 Å². The van der Waals surface area contributed by atoms with E-state index in [0.717, 1.165) is 46.9 Å². The second kappa shape index (κ2) is 17.9. The van der Waals surface area contributed by atoms with Gasteiger partial charge in [0.25, 0.3) is 5.91 Å². The minimum Gasteiger partial charge on any atom is -0.496 e. The van der Waals surface area contributed by atoms with Crippen molar-refractivity contribution in [2.24, 2.45) is 34.1 Å². The van der Waals surface area contributed by atoms with Gasteiger partial charge in [-0.25, -0.2) is 4.39 Å². The topological polar surface area (TPSA) is 117 Å². The molecule has 1 heterocycles. The van der Waals surface area contributed by atoms with Crippen molar-refractivity contribution in [3.05, 3.63) is 47.3 Å². The number of carboxylic acid groups (broad SMARTS) is 1. The summed E-state index contributed by atoms with van der Waals surface area (Å²) in [6.45, 7) is 8.71. The third-order valence-electron chi connectivity index (χ3n) is 11.0. The monoisotopic (exact) mass is 749 g/mol. The fraction of sp³-hybridized carbons (Fsp3) is 0.590. The summed E-state index contributed by atoms with van der Waals surface area (Å²) in [6.07, 6.45) is 7.29. The maximum atomic E-state index is 13.1. The summed E-state index contributed by atoms with van der Waals surface area (Å²) in [6, 6.07) is 6.33. The number of aliphatic imine (C=N–C) groups is 1. The van der Waals surface area contributed by atoms with Crippen molar-refractivity contribution in [1.29, 1.82) is 0 Å². The average molecular weight is 750 g/mol. The third-order valence-corrected chi connectivity index (χ3v) is 12.2. The number of benzene rings is 2. The summed E-state index contributed by atoms with van der Waals surface area (Å²) >= 11 is 1.68. The summed E-state index contributed by atoms with van der Waals surface area (Å²) < 4.78 is 54.5. The van der Waals surface area contributed by atoms with Crippen LogP contribution in [0, 0.1) is 34.9 Å². The molecule has 286 valence electrons. The molecule has 2 amide bonds. The maximum Gasteiger partial charge on any atom is 0.419 e. The number of methoxy groups -OCH3 is 1. The molecule has 4 aliphatic rings. The van der Waals surface area contributed by atoms with Gasteiger partial charge in [0.15, 0.2) is 0 Å². The zero-order chi connectivity index (χ0) is 38.2. The van der Waals surface area contributed by atoms with E-state index in [0.29, 0.717) is 46.7 Å². The van der Waals surface area contributed by atoms with Crippen molar-refractivity contribution in [3.63, 3.8) is 0 Å². The number of anilines is 1. The maximum absolute atomic E-state index is 13.1. The Morgan fingerprint density at radius 2 is 1.81 bits per heavy atom. The van der Waals surface area contributed by atoms with E-state index in [4.69, 9.17) is 9.84 Å². The van der Waals surface area contributed by atoms with Gasteiger partial charge in [0.2, 0.25) is 6.41 Å². The van der Waals surface area contributed by atoms with Gasteiger partial charge in [-0.15, -0.1) is 11.8 Å². The van der Waals surface area contributed by atoms with E-state index >= 15 is 0 Å². The Labute approximate surface area is 308 Å². The molecule has 2 bridgehead atoms. The van der Waals surface area contributed by atoms with Gasteiger partial charge >= 0.3 is 12.1 Å². The molecule has 52 heavy (non-hydrogen) atoms. The first-order chi connectivity index (χ1) is 24.7. The summed E-state index contributed by atoms with van der Waals surface area (Å²) in [5, 5.41) is 14.2. The first kappa shape index (κ1) is 41.2. The molecule has 3 saturated carbocycles. The molecule has 0 spiro atoms. The molecule has 8 nitrogen and oxygen atoms in total. The second-order valence-electron chi connectivity index (χ2n) is 14.6. The third kappa shape index (κ3) is 9.87. The molecule has 6 rings (SSSR count). The number of fused-ring (bicyclic) bond motifs is 3. The van der Waals surface area contributed by atoms with E-state index < -0.39 is 23.5 Å². The van der Waals surface area contributed by atoms with Gasteiger partial charge < -0.3 is 20.5 Å². The molecule has 0 saturated heterocycles. The Kier molecular flexibility index (Phi) is 14.2. The van der Waals surface area contributed by atoms with E-state index in [1.165, 1.54) is 51.4 Å². The highest BCUT2D eigenvalue weighted by atomic mass is 32.2. The Hall–Kier alpha value is -3.61. The number of ether oxygens (including phenoxy) is 1. The molecule has 0 radical (unpaired) electrons. The highest BCUT2D eigenvalue weighted by molar-refractivity contribution is 8.00. The lowest BCUT2D eigenvalue weighted by Crippen LogP contribution is -2.43. The molecular formula is C39H51F4N3O5S. The van der Waals surface area contributed by atoms with Crippen molar-refractivity contribution >= 4 is 47.1 Å². The fourth-order valence-electron chi connectivity index (χ4n) is 8.32. The smallest absolute Gasteiger partial charge is 0.419 e. The summed E-state index contributed by atoms with van der Waals surface area (Å²) in [7, 11) is 1.63. The number of carbonyl (C=O) groups is 3. The highest BCUT2D eigenvalue weighted by Crippen LogP contribution is 2.52. The summed E-state index contributed by atoms with van der Waals surface area (Å²) in [4.78, 5) is 39.3. The quantitative estimate of drug-likeness (QED) is 0.156. The van der Waals surface area contributed by atoms with Crippen LogP contribution < -0.4 is 15.4 Å². The number of nitrogens with one attached hydrogen (secondary N) is 2. The van der Waals surface area contributed by atoms with Crippen molar-refractivity contribution in [1.82, 2.24) is 5.32 Å². The van der Waals surface area contributed by atoms with Gasteiger partial charge in [-0.3, -0.25) is 19.4 Å². The van der Waals surface area contributed by atoms with Crippen LogP contribution in [-0.4, -0.2) is 48.0 Å². The molecule has 13 heteroatoms. The molecule has 3 N–H and O–H groups in total. The van der Waals surface area contributed by atoms with Crippen LogP contribution in [0.2, 0.25) is 0 Å². The van der Waals surface area contributed by atoms with E-state index in [-0.39, 0.29) is 23.9 Å². The normalized spacial score (nSPS) is 25.6. The van der Waals surface area contributed by atoms with E-state index in [2.05, 4.69) is 31.1 Å². The van der Waals surface area contributed by atoms with E-state index in [1.54, 1.807) is 18.9 Å². The van der Waals surface area contributed by atoms with Crippen LogP contribution >= 0.6 is 11.8 Å². The number of thioether (sulfide) groups is 1. The zero-order valence-electron chi connectivity index (χ0n) is 30.6. The molecule has 3 fully saturated rings. The Balaban J connectivity index is 0.000000187. The number of amides is 2. The predicted molar refractivity (Wildman–Crippen MR) is 196 cm³/mol. The van der Waals surface area contributed by atoms with Crippen molar-refractivity contribution in [3.8, 4) is 5.75 Å². The number of carboxylic acids is 1. The Morgan fingerprint density at radius 3 is 2.38 bits per heavy atom. The standard InChI is InChI=1S/C19H24N2O2S.C12H22O2.C8H5F4NO/c1-10-9-24-18-14(20-10)6-7-15(23-3)16(18)19(22)21-17-11(2)12-4-5-13(17)8-12;1-3-5-7-12(6-4-2)8-10(9-12)11(13)14;9-7-2-1-5(13-4-14)3-6(7)8(10,11)12/h6-7,11-13,17H,4-5,8-9H2,1-3H3,(H,21,22);10H,3-9H2,1-2H3,(H,13,14);1-4H,(H,13,14). The molecule has 4 unspecified atom stereocenters. The van der Waals surface area contributed by atoms with Crippen molar-refractivity contribution in [2.45, 2.75) is 109 Å². The van der Waals surface area contributed by atoms with Crippen molar-refractivity contribution < 1.29 is 41.8 Å². The predicted octanol–water partition coefficient (Wildman–Crippen LogP) is 9.93. The molecule has 3 aliphatic carbocycles. The minimum absolute atomic E-state index is 0.00430. The van der Waals surface area contributed by atoms with Crippen LogP contribution in [0.25, 0.3) is 0 Å². The lowest BCUT2D eigenvalue weighted by molar-refractivity contribution is -0.151. The SMILES string of the molecule is CCCCC1(CCC)CC(C(=O)O)C1.COc1ccc2c(c1C(=O)NC1C3CCC(C3)C1C)SCC(C)=N2.O=CNc1ccc(F)c(C(F)(F)F)c1. The van der Waals surface area contributed by atoms with Crippen LogP contribution in [0.3, 0.4) is 0 Å². The number of carbonyl (C=O) groups excluding carboxylic acids is 2. The minimum atomic E-state index is -4.76. The number of aliphatic carboxylic acids is 1. The molecule has 1 aliphatic heterocycles. The number of halogens is 4. The number of alkyl halides is 3. The van der Waals surface area contributed by atoms with E-state index in [1.807, 2.05) is 24.4 Å². The average Bonchev–Trinajstić information content (AvgIpc) is 3.68. The molecule has 4 atom stereocenters.